The summed E-state index contributed by atoms with van der Waals surface area (Å²) in [5, 5.41) is 18.4. The van der Waals surface area contributed by atoms with Crippen LogP contribution in [0.25, 0.3) is 5.57 Å². The average Bonchev–Trinajstić information content (AvgIpc) is 3.34. The van der Waals surface area contributed by atoms with Gasteiger partial charge in [-0.25, -0.2) is 0 Å². The number of anilines is 3. The molecule has 2 aliphatic heterocycles. The minimum absolute atomic E-state index is 0.298. The van der Waals surface area contributed by atoms with Crippen LogP contribution in [-0.2, 0) is 4.74 Å². The lowest BCUT2D eigenvalue weighted by Gasteiger charge is -2.26. The first kappa shape index (κ1) is 20.1. The second-order valence-corrected chi connectivity index (χ2v) is 8.20. The van der Waals surface area contributed by atoms with Gasteiger partial charge in [-0.3, -0.25) is 25.7 Å². The van der Waals surface area contributed by atoms with Crippen molar-refractivity contribution in [2.24, 2.45) is 0 Å². The molecule has 0 amide bonds. The lowest BCUT2D eigenvalue weighted by molar-refractivity contribution is 0.276. The Hall–Kier alpha value is -4.52. The van der Waals surface area contributed by atoms with Gasteiger partial charge in [-0.1, -0.05) is 24.3 Å². The third kappa shape index (κ3) is 2.90. The van der Waals surface area contributed by atoms with Crippen LogP contribution in [0.15, 0.2) is 96.4 Å². The van der Waals surface area contributed by atoms with E-state index in [4.69, 9.17) is 10.1 Å². The van der Waals surface area contributed by atoms with Crippen molar-refractivity contribution in [3.05, 3.63) is 108 Å². The molecule has 0 fully saturated rings. The fourth-order valence-corrected chi connectivity index (χ4v) is 4.81. The first-order valence-electron chi connectivity index (χ1n) is 11.1. The smallest absolute Gasteiger partial charge is 0.140 e. The molecule has 0 unspecified atom stereocenters. The van der Waals surface area contributed by atoms with E-state index in [1.165, 1.54) is 0 Å². The molecule has 0 atom stereocenters. The van der Waals surface area contributed by atoms with E-state index in [9.17, 15) is 5.41 Å². The summed E-state index contributed by atoms with van der Waals surface area (Å²) in [6.45, 7) is 0. The number of nitrogens with zero attached hydrogens (tertiary/aromatic N) is 4. The Labute approximate surface area is 197 Å². The number of para-hydroxylation sites is 1. The minimum atomic E-state index is 0.298. The van der Waals surface area contributed by atoms with Crippen molar-refractivity contribution < 1.29 is 4.74 Å². The summed E-state index contributed by atoms with van der Waals surface area (Å²) < 4.78 is 5.56. The molecule has 1 aromatic carbocycles. The van der Waals surface area contributed by atoms with E-state index in [0.717, 1.165) is 46.9 Å². The molecule has 0 bridgehead atoms. The van der Waals surface area contributed by atoms with Crippen molar-refractivity contribution >= 4 is 34.2 Å². The Kier molecular flexibility index (Phi) is 4.62. The molecule has 2 N–H and O–H groups in total. The second-order valence-electron chi connectivity index (χ2n) is 8.20. The number of amidine groups is 1. The molecule has 7 heteroatoms. The zero-order valence-electron chi connectivity index (χ0n) is 18.6. The molecule has 0 spiro atoms. The number of fused-ring (bicyclic) bond motifs is 2. The van der Waals surface area contributed by atoms with Gasteiger partial charge in [0.25, 0.3) is 0 Å². The van der Waals surface area contributed by atoms with Crippen LogP contribution in [0.5, 0.6) is 0 Å². The van der Waals surface area contributed by atoms with Gasteiger partial charge in [0.2, 0.25) is 0 Å². The van der Waals surface area contributed by atoms with E-state index in [0.29, 0.717) is 28.5 Å². The highest BCUT2D eigenvalue weighted by molar-refractivity contribution is 6.42. The van der Waals surface area contributed by atoms with Gasteiger partial charge in [0.1, 0.15) is 17.2 Å². The molecule has 3 aliphatic rings. The van der Waals surface area contributed by atoms with E-state index < -0.39 is 0 Å². The number of aromatic nitrogens is 2. The molecule has 34 heavy (non-hydrogen) atoms. The zero-order valence-corrected chi connectivity index (χ0v) is 18.6. The molecule has 3 aromatic rings. The van der Waals surface area contributed by atoms with E-state index >= 15 is 0 Å². The number of methoxy groups -OCH3 is 1. The molecule has 0 saturated carbocycles. The Morgan fingerprint density at radius 1 is 0.941 bits per heavy atom. The first-order valence-corrected chi connectivity index (χ1v) is 11.1. The summed E-state index contributed by atoms with van der Waals surface area (Å²) in [6.07, 6.45) is 11.1. The SMILES string of the molecule is COC1=CC(N2/C(=C3/C(=N)N(c4ccccc4)c4cnccc43)C(=N)c3ncccc32)=CCC1. The van der Waals surface area contributed by atoms with Crippen LogP contribution in [0, 0.1) is 10.8 Å². The largest absolute Gasteiger partial charge is 0.501 e. The molecule has 1 aliphatic carbocycles. The summed E-state index contributed by atoms with van der Waals surface area (Å²) in [5.74, 6) is 1.20. The van der Waals surface area contributed by atoms with E-state index in [-0.39, 0.29) is 0 Å². The van der Waals surface area contributed by atoms with Crippen molar-refractivity contribution in [2.45, 2.75) is 12.8 Å². The average molecular weight is 447 g/mol. The van der Waals surface area contributed by atoms with E-state index in [1.807, 2.05) is 64.4 Å². The van der Waals surface area contributed by atoms with Crippen LogP contribution in [0.4, 0.5) is 17.1 Å². The van der Waals surface area contributed by atoms with Gasteiger partial charge in [-0.2, -0.15) is 0 Å². The number of pyridine rings is 2. The fraction of sp³-hybridized carbons (Fsp3) is 0.111. The highest BCUT2D eigenvalue weighted by atomic mass is 16.5. The van der Waals surface area contributed by atoms with Crippen molar-refractivity contribution in [1.29, 1.82) is 10.8 Å². The molecule has 2 aromatic heterocycles. The number of hydrogen-bond acceptors (Lipinski definition) is 6. The van der Waals surface area contributed by atoms with Gasteiger partial charge in [-0.05, 0) is 42.8 Å². The van der Waals surface area contributed by atoms with Gasteiger partial charge >= 0.3 is 0 Å². The lowest BCUT2D eigenvalue weighted by atomic mass is 10.0. The topological polar surface area (TPSA) is 89.2 Å². The first-order chi connectivity index (χ1) is 16.7. The van der Waals surface area contributed by atoms with E-state index in [2.05, 4.69) is 16.0 Å². The summed E-state index contributed by atoms with van der Waals surface area (Å²) >= 11 is 0. The maximum atomic E-state index is 9.27. The quantitative estimate of drug-likeness (QED) is 0.561. The van der Waals surface area contributed by atoms with Crippen LogP contribution in [0.1, 0.15) is 24.1 Å². The molecule has 4 heterocycles. The Morgan fingerprint density at radius 3 is 2.62 bits per heavy atom. The maximum absolute atomic E-state index is 9.27. The number of benzene rings is 1. The molecule has 0 saturated heterocycles. The van der Waals surface area contributed by atoms with Crippen LogP contribution in [0.2, 0.25) is 0 Å². The zero-order chi connectivity index (χ0) is 23.2. The van der Waals surface area contributed by atoms with Crippen molar-refractivity contribution in [1.82, 2.24) is 9.97 Å². The highest BCUT2D eigenvalue weighted by Gasteiger charge is 2.41. The standard InChI is InChI=1S/C27H22N6O/c1-34-19-10-5-9-18(15-19)32-21-11-6-13-31-25(21)24(28)26(32)23-20-12-14-30-16-22(20)33(27(23)29)17-7-3-2-4-8-17/h2-4,6-9,11-16,28-29H,5,10H2,1H3/b26-23+,28-24?,29-27?. The predicted octanol–water partition coefficient (Wildman–Crippen LogP) is 5.41. The summed E-state index contributed by atoms with van der Waals surface area (Å²) in [7, 11) is 1.68. The van der Waals surface area contributed by atoms with Gasteiger partial charge in [0, 0.05) is 35.8 Å². The number of nitrogens with one attached hydrogen (secondary N) is 2. The van der Waals surface area contributed by atoms with Crippen LogP contribution in [-0.4, -0.2) is 28.6 Å². The van der Waals surface area contributed by atoms with Crippen molar-refractivity contribution in [2.75, 3.05) is 16.9 Å². The molecular formula is C27H22N6O. The van der Waals surface area contributed by atoms with Crippen LogP contribution < -0.4 is 9.80 Å². The molecule has 166 valence electrons. The van der Waals surface area contributed by atoms with Gasteiger partial charge in [0.15, 0.2) is 0 Å². The maximum Gasteiger partial charge on any atom is 0.140 e. The van der Waals surface area contributed by atoms with Gasteiger partial charge in [-0.15, -0.1) is 0 Å². The molecular weight excluding hydrogens is 424 g/mol. The lowest BCUT2D eigenvalue weighted by Crippen LogP contribution is -2.26. The van der Waals surface area contributed by atoms with Crippen LogP contribution >= 0.6 is 0 Å². The highest BCUT2D eigenvalue weighted by Crippen LogP contribution is 2.47. The Balaban J connectivity index is 1.61. The third-order valence-electron chi connectivity index (χ3n) is 6.32. The number of hydrogen-bond donors (Lipinski definition) is 2. The normalized spacial score (nSPS) is 19.1. The van der Waals surface area contributed by atoms with Crippen LogP contribution in [0.3, 0.4) is 0 Å². The van der Waals surface area contributed by atoms with E-state index in [1.54, 1.807) is 25.7 Å². The monoisotopic (exact) mass is 446 g/mol. The summed E-state index contributed by atoms with van der Waals surface area (Å²) in [5.41, 5.74) is 6.55. The summed E-state index contributed by atoms with van der Waals surface area (Å²) in [4.78, 5) is 12.8. The molecule has 7 nitrogen and oxygen atoms in total. The minimum Gasteiger partial charge on any atom is -0.501 e. The van der Waals surface area contributed by atoms with Crippen molar-refractivity contribution in [3.8, 4) is 0 Å². The Morgan fingerprint density at radius 2 is 1.79 bits per heavy atom. The number of ether oxygens (including phenoxy) is 1. The predicted molar refractivity (Wildman–Crippen MR) is 133 cm³/mol. The fourth-order valence-electron chi connectivity index (χ4n) is 4.81. The number of rotatable bonds is 3. The third-order valence-corrected chi connectivity index (χ3v) is 6.32. The second kappa shape index (κ2) is 7.81. The summed E-state index contributed by atoms with van der Waals surface area (Å²) in [6, 6.07) is 15.6. The molecule has 6 rings (SSSR count). The molecule has 0 radical (unpaired) electrons. The Bertz CT molecular complexity index is 1440. The van der Waals surface area contributed by atoms with Gasteiger partial charge in [0.05, 0.1) is 41.7 Å². The number of allylic oxidation sites excluding steroid dienone is 4. The van der Waals surface area contributed by atoms with Gasteiger partial charge < -0.3 is 9.64 Å². The van der Waals surface area contributed by atoms with Crippen molar-refractivity contribution in [3.63, 3.8) is 0 Å².